The Morgan fingerprint density at radius 3 is 2.17 bits per heavy atom. The van der Waals surface area contributed by atoms with Crippen LogP contribution >= 0.6 is 11.6 Å². The molecule has 104 valence electrons. The second-order valence-electron chi connectivity index (χ2n) is 6.92. The van der Waals surface area contributed by atoms with Crippen LogP contribution < -0.4 is 5.32 Å². The van der Waals surface area contributed by atoms with Crippen molar-refractivity contribution in [1.82, 2.24) is 15.1 Å². The first kappa shape index (κ1) is 15.5. The van der Waals surface area contributed by atoms with Crippen molar-refractivity contribution < 1.29 is 0 Å². The molecule has 3 nitrogen and oxygen atoms in total. The molecule has 0 aliphatic heterocycles. The number of nitrogens with zero attached hydrogens (tertiary/aromatic N) is 2. The summed E-state index contributed by atoms with van der Waals surface area (Å²) < 4.78 is 1.75. The van der Waals surface area contributed by atoms with Crippen LogP contribution in [0.1, 0.15) is 45.9 Å². The van der Waals surface area contributed by atoms with Gasteiger partial charge in [0, 0.05) is 24.7 Å². The summed E-state index contributed by atoms with van der Waals surface area (Å²) in [5.41, 5.74) is 2.50. The van der Waals surface area contributed by atoms with E-state index in [1.807, 2.05) is 14.0 Å². The van der Waals surface area contributed by atoms with E-state index in [4.69, 9.17) is 11.6 Å². The van der Waals surface area contributed by atoms with Gasteiger partial charge in [0.25, 0.3) is 0 Å². The third-order valence-corrected chi connectivity index (χ3v) is 3.50. The van der Waals surface area contributed by atoms with Crippen molar-refractivity contribution in [2.45, 2.75) is 53.5 Å². The zero-order valence-electron chi connectivity index (χ0n) is 12.7. The predicted molar refractivity (Wildman–Crippen MR) is 78.2 cm³/mol. The van der Waals surface area contributed by atoms with Gasteiger partial charge in [0.2, 0.25) is 0 Å². The first-order valence-corrected chi connectivity index (χ1v) is 6.83. The van der Waals surface area contributed by atoms with Gasteiger partial charge in [-0.1, -0.05) is 25.4 Å². The van der Waals surface area contributed by atoms with Gasteiger partial charge in [-0.3, -0.25) is 4.68 Å². The summed E-state index contributed by atoms with van der Waals surface area (Å²) in [6.45, 7) is 14.1. The van der Waals surface area contributed by atoms with Crippen LogP contribution in [-0.2, 0) is 13.5 Å². The van der Waals surface area contributed by atoms with Crippen molar-refractivity contribution in [2.75, 3.05) is 6.54 Å². The van der Waals surface area contributed by atoms with Crippen LogP contribution in [0.5, 0.6) is 0 Å². The van der Waals surface area contributed by atoms with Gasteiger partial charge in [0.1, 0.15) is 5.15 Å². The molecule has 0 saturated heterocycles. The van der Waals surface area contributed by atoms with E-state index < -0.39 is 0 Å². The molecule has 0 atom stereocenters. The van der Waals surface area contributed by atoms with Gasteiger partial charge in [0.15, 0.2) is 0 Å². The molecule has 0 saturated carbocycles. The number of aromatic nitrogens is 2. The van der Waals surface area contributed by atoms with Crippen molar-refractivity contribution in [3.63, 3.8) is 0 Å². The second kappa shape index (κ2) is 5.22. The lowest BCUT2D eigenvalue weighted by molar-refractivity contribution is 0.288. The Morgan fingerprint density at radius 2 is 1.78 bits per heavy atom. The van der Waals surface area contributed by atoms with Crippen LogP contribution in [0.15, 0.2) is 0 Å². The fourth-order valence-electron chi connectivity index (χ4n) is 1.92. The normalized spacial score (nSPS) is 13.1. The number of hydrogen-bond donors (Lipinski definition) is 1. The summed E-state index contributed by atoms with van der Waals surface area (Å²) in [6, 6.07) is 0. The van der Waals surface area contributed by atoms with Crippen molar-refractivity contribution >= 4 is 11.6 Å². The number of halogens is 1. The van der Waals surface area contributed by atoms with Crippen LogP contribution in [0.3, 0.4) is 0 Å². The van der Waals surface area contributed by atoms with Gasteiger partial charge in [0.05, 0.1) is 5.69 Å². The van der Waals surface area contributed by atoms with Gasteiger partial charge in [-0.05, 0) is 39.5 Å². The summed E-state index contributed by atoms with van der Waals surface area (Å²) in [5.74, 6) is 0. The molecular weight excluding hydrogens is 246 g/mol. The Hall–Kier alpha value is -0.540. The van der Waals surface area contributed by atoms with Crippen molar-refractivity contribution in [1.29, 1.82) is 0 Å². The topological polar surface area (TPSA) is 29.9 Å². The minimum atomic E-state index is 0.144. The number of rotatable bonds is 4. The average Bonchev–Trinajstić information content (AvgIpc) is 2.41. The van der Waals surface area contributed by atoms with E-state index in [1.54, 1.807) is 4.68 Å². The molecule has 1 rings (SSSR count). The highest BCUT2D eigenvalue weighted by molar-refractivity contribution is 6.30. The molecule has 4 heteroatoms. The van der Waals surface area contributed by atoms with Crippen LogP contribution in [-0.4, -0.2) is 21.9 Å². The van der Waals surface area contributed by atoms with Gasteiger partial charge in [-0.25, -0.2) is 0 Å². The molecule has 0 aromatic carbocycles. The van der Waals surface area contributed by atoms with Crippen LogP contribution in [0.25, 0.3) is 0 Å². The van der Waals surface area contributed by atoms with Gasteiger partial charge >= 0.3 is 0 Å². The average molecular weight is 272 g/mol. The molecule has 0 bridgehead atoms. The zero-order chi connectivity index (χ0) is 14.1. The zero-order valence-corrected chi connectivity index (χ0v) is 13.4. The standard InChI is InChI=1S/C14H26ClN3/c1-10-11(12(15)18(7)17-10)8-14(5,6)9-16-13(2,3)4/h16H,8-9H2,1-7H3. The quantitative estimate of drug-likeness (QED) is 0.910. The Morgan fingerprint density at radius 1 is 1.22 bits per heavy atom. The van der Waals surface area contributed by atoms with Crippen LogP contribution in [0, 0.1) is 12.3 Å². The molecule has 0 spiro atoms. The maximum absolute atomic E-state index is 6.29. The van der Waals surface area contributed by atoms with E-state index >= 15 is 0 Å². The largest absolute Gasteiger partial charge is 0.312 e. The summed E-state index contributed by atoms with van der Waals surface area (Å²) in [7, 11) is 1.89. The molecule has 0 aliphatic rings. The molecule has 1 heterocycles. The SMILES string of the molecule is Cc1nn(C)c(Cl)c1CC(C)(C)CNC(C)(C)C. The summed E-state index contributed by atoms with van der Waals surface area (Å²) in [6.07, 6.45) is 0.939. The molecule has 0 radical (unpaired) electrons. The Labute approximate surface area is 116 Å². The Bertz CT molecular complexity index is 413. The Kier molecular flexibility index (Phi) is 4.50. The van der Waals surface area contributed by atoms with Crippen molar-refractivity contribution in [2.24, 2.45) is 12.5 Å². The fraction of sp³-hybridized carbons (Fsp3) is 0.786. The predicted octanol–water partition coefficient (Wildman–Crippen LogP) is 3.34. The van der Waals surface area contributed by atoms with E-state index in [0.29, 0.717) is 0 Å². The van der Waals surface area contributed by atoms with E-state index in [-0.39, 0.29) is 11.0 Å². The molecular formula is C14H26ClN3. The summed E-state index contributed by atoms with van der Waals surface area (Å²) >= 11 is 6.29. The number of nitrogens with one attached hydrogen (secondary N) is 1. The smallest absolute Gasteiger partial charge is 0.130 e. The summed E-state index contributed by atoms with van der Waals surface area (Å²) in [5, 5.41) is 8.69. The molecule has 1 N–H and O–H groups in total. The highest BCUT2D eigenvalue weighted by Crippen LogP contribution is 2.28. The van der Waals surface area contributed by atoms with E-state index in [1.165, 1.54) is 5.56 Å². The first-order chi connectivity index (χ1) is 8.02. The highest BCUT2D eigenvalue weighted by atomic mass is 35.5. The number of hydrogen-bond acceptors (Lipinski definition) is 2. The maximum atomic E-state index is 6.29. The molecule has 0 unspecified atom stereocenters. The van der Waals surface area contributed by atoms with Gasteiger partial charge in [-0.15, -0.1) is 0 Å². The lowest BCUT2D eigenvalue weighted by atomic mass is 9.85. The van der Waals surface area contributed by atoms with Crippen molar-refractivity contribution in [3.8, 4) is 0 Å². The molecule has 18 heavy (non-hydrogen) atoms. The molecule has 1 aromatic heterocycles. The monoisotopic (exact) mass is 271 g/mol. The molecule has 1 aromatic rings. The minimum Gasteiger partial charge on any atom is -0.312 e. The Balaban J connectivity index is 2.76. The second-order valence-corrected chi connectivity index (χ2v) is 7.28. The molecule has 0 aliphatic carbocycles. The van der Waals surface area contributed by atoms with Crippen LogP contribution in [0.4, 0.5) is 0 Å². The van der Waals surface area contributed by atoms with Crippen LogP contribution in [0.2, 0.25) is 5.15 Å². The van der Waals surface area contributed by atoms with E-state index in [2.05, 4.69) is 45.0 Å². The molecule has 0 amide bonds. The van der Waals surface area contributed by atoms with Gasteiger partial charge in [-0.2, -0.15) is 5.10 Å². The minimum absolute atomic E-state index is 0.144. The number of aryl methyl sites for hydroxylation is 2. The maximum Gasteiger partial charge on any atom is 0.130 e. The van der Waals surface area contributed by atoms with E-state index in [9.17, 15) is 0 Å². The lowest BCUT2D eigenvalue weighted by Gasteiger charge is -2.30. The first-order valence-electron chi connectivity index (χ1n) is 6.45. The third kappa shape index (κ3) is 4.29. The van der Waals surface area contributed by atoms with E-state index in [0.717, 1.165) is 23.8 Å². The summed E-state index contributed by atoms with van der Waals surface area (Å²) in [4.78, 5) is 0. The van der Waals surface area contributed by atoms with Gasteiger partial charge < -0.3 is 5.32 Å². The molecule has 0 fully saturated rings. The van der Waals surface area contributed by atoms with Crippen molar-refractivity contribution in [3.05, 3.63) is 16.4 Å². The lowest BCUT2D eigenvalue weighted by Crippen LogP contribution is -2.42. The highest BCUT2D eigenvalue weighted by Gasteiger charge is 2.25. The third-order valence-electron chi connectivity index (χ3n) is 3.02. The fourth-order valence-corrected chi connectivity index (χ4v) is 2.16.